The van der Waals surface area contributed by atoms with Crippen LogP contribution in [-0.2, 0) is 11.0 Å². The highest BCUT2D eigenvalue weighted by atomic mass is 19.4. The predicted molar refractivity (Wildman–Crippen MR) is 85.8 cm³/mol. The fraction of sp³-hybridized carbons (Fsp3) is 0.250. The van der Waals surface area contributed by atoms with Crippen LogP contribution in [0.4, 0.5) is 30.4 Å². The first-order chi connectivity index (χ1) is 11.3. The maximum atomic E-state index is 12.5. The van der Waals surface area contributed by atoms with E-state index in [9.17, 15) is 18.0 Å². The number of nitrogens with zero attached hydrogens (tertiary/aromatic N) is 1. The largest absolute Gasteiger partial charge is 0.417 e. The smallest absolute Gasteiger partial charge is 0.340 e. The highest BCUT2D eigenvalue weighted by Gasteiger charge is 2.30. The summed E-state index contributed by atoms with van der Waals surface area (Å²) in [6.07, 6.45) is -3.64. The second kappa shape index (κ2) is 7.31. The zero-order chi connectivity index (χ0) is 17.7. The van der Waals surface area contributed by atoms with E-state index in [1.54, 1.807) is 31.2 Å². The van der Waals surface area contributed by atoms with E-state index in [1.807, 2.05) is 0 Å². The van der Waals surface area contributed by atoms with Crippen molar-refractivity contribution in [3.63, 3.8) is 0 Å². The molecule has 1 aromatic heterocycles. The highest BCUT2D eigenvalue weighted by Crippen LogP contribution is 2.29. The summed E-state index contributed by atoms with van der Waals surface area (Å²) in [4.78, 5) is 15.5. The van der Waals surface area contributed by atoms with Gasteiger partial charge in [-0.25, -0.2) is 4.98 Å². The lowest BCUT2D eigenvalue weighted by atomic mass is 10.1. The summed E-state index contributed by atoms with van der Waals surface area (Å²) in [7, 11) is 0. The average Bonchev–Trinajstić information content (AvgIpc) is 2.55. The van der Waals surface area contributed by atoms with Crippen LogP contribution in [0, 0.1) is 5.92 Å². The van der Waals surface area contributed by atoms with E-state index < -0.39 is 11.7 Å². The Hall–Kier alpha value is -2.61. The molecule has 0 spiro atoms. The van der Waals surface area contributed by atoms with Crippen molar-refractivity contribution in [2.24, 2.45) is 11.7 Å². The number of nitrogens with one attached hydrogen (secondary N) is 2. The van der Waals surface area contributed by atoms with Crippen LogP contribution in [0.2, 0.25) is 0 Å². The number of anilines is 3. The van der Waals surface area contributed by atoms with E-state index >= 15 is 0 Å². The van der Waals surface area contributed by atoms with Crippen molar-refractivity contribution in [2.75, 3.05) is 17.2 Å². The SMILES string of the molecule is CC(CN)C(=O)Nc1ccc(Nc2ccc(C(F)(F)F)cn2)cc1. The van der Waals surface area contributed by atoms with Crippen molar-refractivity contribution in [3.05, 3.63) is 48.2 Å². The summed E-state index contributed by atoms with van der Waals surface area (Å²) in [5.74, 6) is -0.182. The maximum Gasteiger partial charge on any atom is 0.417 e. The minimum absolute atomic E-state index is 0.178. The molecule has 24 heavy (non-hydrogen) atoms. The van der Waals surface area contributed by atoms with Gasteiger partial charge in [-0.1, -0.05) is 6.92 Å². The number of nitrogens with two attached hydrogens (primary N) is 1. The summed E-state index contributed by atoms with van der Waals surface area (Å²) in [5.41, 5.74) is 5.86. The van der Waals surface area contributed by atoms with Crippen LogP contribution in [-0.4, -0.2) is 17.4 Å². The predicted octanol–water partition coefficient (Wildman–Crippen LogP) is 3.38. The van der Waals surface area contributed by atoms with Gasteiger partial charge in [-0.15, -0.1) is 0 Å². The van der Waals surface area contributed by atoms with Gasteiger partial charge in [0.1, 0.15) is 5.82 Å². The molecule has 4 N–H and O–H groups in total. The van der Waals surface area contributed by atoms with Gasteiger partial charge in [0.2, 0.25) is 5.91 Å². The molecule has 0 aliphatic rings. The first-order valence-corrected chi connectivity index (χ1v) is 7.21. The van der Waals surface area contributed by atoms with E-state index in [2.05, 4.69) is 15.6 Å². The van der Waals surface area contributed by atoms with Crippen LogP contribution < -0.4 is 16.4 Å². The zero-order valence-corrected chi connectivity index (χ0v) is 12.9. The Kier molecular flexibility index (Phi) is 5.40. The van der Waals surface area contributed by atoms with Gasteiger partial charge in [0.25, 0.3) is 0 Å². The number of pyridine rings is 1. The number of alkyl halides is 3. The molecule has 8 heteroatoms. The van der Waals surface area contributed by atoms with Crippen molar-refractivity contribution in [2.45, 2.75) is 13.1 Å². The molecule has 0 aliphatic heterocycles. The molecule has 5 nitrogen and oxygen atoms in total. The third kappa shape index (κ3) is 4.69. The minimum atomic E-state index is -4.41. The molecule has 2 aromatic rings. The number of amides is 1. The number of carbonyl (C=O) groups is 1. The monoisotopic (exact) mass is 338 g/mol. The molecule has 128 valence electrons. The number of carbonyl (C=O) groups excluding carboxylic acids is 1. The van der Waals surface area contributed by atoms with E-state index in [0.717, 1.165) is 12.3 Å². The Balaban J connectivity index is 2.00. The summed E-state index contributed by atoms with van der Waals surface area (Å²) < 4.78 is 37.4. The molecule has 1 amide bonds. The fourth-order valence-electron chi connectivity index (χ4n) is 1.79. The lowest BCUT2D eigenvalue weighted by Gasteiger charge is -2.11. The molecule has 0 fully saturated rings. The molecule has 0 saturated carbocycles. The van der Waals surface area contributed by atoms with Gasteiger partial charge in [0, 0.05) is 30.0 Å². The second-order valence-corrected chi connectivity index (χ2v) is 5.26. The molecule has 0 saturated heterocycles. The minimum Gasteiger partial charge on any atom is -0.340 e. The number of hydrogen-bond acceptors (Lipinski definition) is 4. The highest BCUT2D eigenvalue weighted by molar-refractivity contribution is 5.92. The number of rotatable bonds is 5. The van der Waals surface area contributed by atoms with Gasteiger partial charge in [-0.2, -0.15) is 13.2 Å². The third-order valence-electron chi connectivity index (χ3n) is 3.32. The second-order valence-electron chi connectivity index (χ2n) is 5.26. The molecule has 1 aromatic carbocycles. The number of halogens is 3. The van der Waals surface area contributed by atoms with E-state index in [1.165, 1.54) is 6.07 Å². The van der Waals surface area contributed by atoms with E-state index in [0.29, 0.717) is 11.4 Å². The molecule has 1 heterocycles. The van der Waals surface area contributed by atoms with Crippen LogP contribution >= 0.6 is 0 Å². The van der Waals surface area contributed by atoms with Gasteiger partial charge in [-0.05, 0) is 36.4 Å². The first kappa shape index (κ1) is 17.7. The van der Waals surface area contributed by atoms with Crippen molar-refractivity contribution < 1.29 is 18.0 Å². The lowest BCUT2D eigenvalue weighted by molar-refractivity contribution is -0.137. The molecular formula is C16H17F3N4O. The summed E-state index contributed by atoms with van der Waals surface area (Å²) in [5, 5.41) is 5.61. The molecule has 0 radical (unpaired) electrons. The summed E-state index contributed by atoms with van der Waals surface area (Å²) in [6.45, 7) is 1.98. The maximum absolute atomic E-state index is 12.5. The summed E-state index contributed by atoms with van der Waals surface area (Å²) >= 11 is 0. The quantitative estimate of drug-likeness (QED) is 0.781. The van der Waals surface area contributed by atoms with Crippen molar-refractivity contribution in [1.29, 1.82) is 0 Å². The molecule has 1 atom stereocenters. The van der Waals surface area contributed by atoms with Crippen LogP contribution in [0.5, 0.6) is 0 Å². The lowest BCUT2D eigenvalue weighted by Crippen LogP contribution is -2.26. The standard InChI is InChI=1S/C16H17F3N4O/c1-10(8-20)15(24)23-13-5-3-12(4-6-13)22-14-7-2-11(9-21-14)16(17,18)19/h2-7,9-10H,8,20H2,1H3,(H,21,22)(H,23,24). The van der Waals surface area contributed by atoms with Gasteiger partial charge in [0.05, 0.1) is 5.56 Å². The van der Waals surface area contributed by atoms with Crippen LogP contribution in [0.15, 0.2) is 42.6 Å². The Morgan fingerprint density at radius 1 is 1.17 bits per heavy atom. The molecule has 0 bridgehead atoms. The van der Waals surface area contributed by atoms with Gasteiger partial charge >= 0.3 is 6.18 Å². The normalized spacial score (nSPS) is 12.5. The van der Waals surface area contributed by atoms with E-state index in [-0.39, 0.29) is 24.2 Å². The topological polar surface area (TPSA) is 80.0 Å². The Morgan fingerprint density at radius 3 is 2.29 bits per heavy atom. The molecular weight excluding hydrogens is 321 g/mol. The van der Waals surface area contributed by atoms with Gasteiger partial charge < -0.3 is 16.4 Å². The Bertz CT molecular complexity index is 684. The average molecular weight is 338 g/mol. The number of hydrogen-bond donors (Lipinski definition) is 3. The number of benzene rings is 1. The van der Waals surface area contributed by atoms with Gasteiger partial charge in [0.15, 0.2) is 0 Å². The zero-order valence-electron chi connectivity index (χ0n) is 12.9. The molecule has 2 rings (SSSR count). The van der Waals surface area contributed by atoms with Crippen molar-refractivity contribution >= 4 is 23.1 Å². The Labute approximate surface area is 137 Å². The first-order valence-electron chi connectivity index (χ1n) is 7.21. The van der Waals surface area contributed by atoms with Crippen LogP contribution in [0.1, 0.15) is 12.5 Å². The number of aromatic nitrogens is 1. The fourth-order valence-corrected chi connectivity index (χ4v) is 1.79. The molecule has 0 aliphatic carbocycles. The van der Waals surface area contributed by atoms with Crippen molar-refractivity contribution in [1.82, 2.24) is 4.98 Å². The van der Waals surface area contributed by atoms with E-state index in [4.69, 9.17) is 5.73 Å². The van der Waals surface area contributed by atoms with Crippen molar-refractivity contribution in [3.8, 4) is 0 Å². The third-order valence-corrected chi connectivity index (χ3v) is 3.32. The summed E-state index contributed by atoms with van der Waals surface area (Å²) in [6, 6.07) is 8.92. The Morgan fingerprint density at radius 2 is 1.79 bits per heavy atom. The molecule has 1 unspecified atom stereocenters. The van der Waals surface area contributed by atoms with Crippen LogP contribution in [0.3, 0.4) is 0 Å². The van der Waals surface area contributed by atoms with Crippen LogP contribution in [0.25, 0.3) is 0 Å². The van der Waals surface area contributed by atoms with Gasteiger partial charge in [-0.3, -0.25) is 4.79 Å².